The van der Waals surface area contributed by atoms with Crippen molar-refractivity contribution in [1.82, 2.24) is 15.2 Å². The second-order valence-electron chi connectivity index (χ2n) is 6.67. The zero-order valence-corrected chi connectivity index (χ0v) is 19.5. The summed E-state index contributed by atoms with van der Waals surface area (Å²) in [6.45, 7) is 0.749. The zero-order chi connectivity index (χ0) is 24.1. The first-order valence-corrected chi connectivity index (χ1v) is 12.1. The van der Waals surface area contributed by atoms with Gasteiger partial charge in [0.2, 0.25) is 5.13 Å². The summed E-state index contributed by atoms with van der Waals surface area (Å²) in [5, 5.41) is 22.8. The van der Waals surface area contributed by atoms with Crippen LogP contribution in [0.4, 0.5) is 34.7 Å². The fourth-order valence-corrected chi connectivity index (χ4v) is 5.74. The minimum Gasteiger partial charge on any atom is -0.383 e. The largest absolute Gasteiger partial charge is 0.416 e. The molecule has 4 aromatic rings. The van der Waals surface area contributed by atoms with Gasteiger partial charge in [-0.05, 0) is 53.4 Å². The maximum absolute atomic E-state index is 13.0. The summed E-state index contributed by atoms with van der Waals surface area (Å²) in [6, 6.07) is 14.4. The van der Waals surface area contributed by atoms with Crippen molar-refractivity contribution in [1.29, 1.82) is 0 Å². The van der Waals surface area contributed by atoms with Crippen LogP contribution in [0.5, 0.6) is 0 Å². The number of nitrogens with zero attached hydrogens (tertiary/aromatic N) is 5. The van der Waals surface area contributed by atoms with E-state index in [1.165, 1.54) is 35.4 Å². The third kappa shape index (κ3) is 6.01. The number of anilines is 3. The molecule has 0 unspecified atom stereocenters. The van der Waals surface area contributed by atoms with E-state index in [9.17, 15) is 23.3 Å². The number of nitrogens with one attached hydrogen (secondary N) is 1. The van der Waals surface area contributed by atoms with E-state index in [4.69, 9.17) is 0 Å². The molecule has 2 aromatic heterocycles. The van der Waals surface area contributed by atoms with Gasteiger partial charge in [-0.2, -0.15) is 13.2 Å². The molecular weight excluding hydrogens is 509 g/mol. The monoisotopic (exact) mass is 524 g/mol. The molecule has 2 heterocycles. The summed E-state index contributed by atoms with van der Waals surface area (Å²) in [6.07, 6.45) is -3.21. The molecule has 0 aliphatic carbocycles. The van der Waals surface area contributed by atoms with Crippen molar-refractivity contribution in [2.24, 2.45) is 0 Å². The number of nitro groups is 1. The molecule has 2 aromatic carbocycles. The molecule has 1 N–H and O–H groups in total. The standard InChI is InChI=1S/C20H15F3N6O2S3/c21-20(22,23)13-5-4-6-14(11-13)24-9-10-28(15-7-2-1-3-8-15)17-26-27-19(33-17)34-18-25-12-16(32-18)29(30)31/h1-8,11-12,24H,9-10H2. The number of hydrogen-bond donors (Lipinski definition) is 1. The van der Waals surface area contributed by atoms with Gasteiger partial charge < -0.3 is 10.2 Å². The molecule has 34 heavy (non-hydrogen) atoms. The van der Waals surface area contributed by atoms with Gasteiger partial charge in [0.05, 0.1) is 10.5 Å². The maximum atomic E-state index is 13.0. The van der Waals surface area contributed by atoms with Crippen molar-refractivity contribution in [3.05, 3.63) is 76.5 Å². The summed E-state index contributed by atoms with van der Waals surface area (Å²) in [7, 11) is 0. The van der Waals surface area contributed by atoms with Gasteiger partial charge in [-0.3, -0.25) is 10.1 Å². The Hall–Kier alpha value is -3.23. The molecule has 0 bridgehead atoms. The molecule has 176 valence electrons. The third-order valence-electron chi connectivity index (χ3n) is 4.38. The van der Waals surface area contributed by atoms with Crippen LogP contribution >= 0.6 is 34.4 Å². The lowest BCUT2D eigenvalue weighted by molar-refractivity contribution is -0.380. The van der Waals surface area contributed by atoms with Crippen molar-refractivity contribution < 1.29 is 18.1 Å². The van der Waals surface area contributed by atoms with E-state index >= 15 is 0 Å². The molecule has 0 spiro atoms. The van der Waals surface area contributed by atoms with E-state index in [1.54, 1.807) is 6.07 Å². The van der Waals surface area contributed by atoms with Crippen molar-refractivity contribution in [3.8, 4) is 0 Å². The van der Waals surface area contributed by atoms with Gasteiger partial charge in [-0.25, -0.2) is 4.98 Å². The fraction of sp³-hybridized carbons (Fsp3) is 0.150. The average molecular weight is 525 g/mol. The van der Waals surface area contributed by atoms with Gasteiger partial charge in [0.25, 0.3) is 0 Å². The second kappa shape index (κ2) is 10.4. The summed E-state index contributed by atoms with van der Waals surface area (Å²) in [4.78, 5) is 16.3. The van der Waals surface area contributed by atoms with Crippen LogP contribution in [0.25, 0.3) is 0 Å². The summed E-state index contributed by atoms with van der Waals surface area (Å²) >= 11 is 3.42. The molecule has 0 saturated heterocycles. The predicted molar refractivity (Wildman–Crippen MR) is 126 cm³/mol. The number of aromatic nitrogens is 3. The van der Waals surface area contributed by atoms with Crippen LogP contribution in [0.3, 0.4) is 0 Å². The Labute approximate surface area is 203 Å². The molecule has 0 saturated carbocycles. The van der Waals surface area contributed by atoms with Crippen molar-refractivity contribution >= 4 is 55.9 Å². The van der Waals surface area contributed by atoms with Crippen LogP contribution in [0.2, 0.25) is 0 Å². The lowest BCUT2D eigenvalue weighted by atomic mass is 10.2. The predicted octanol–water partition coefficient (Wildman–Crippen LogP) is 6.32. The molecule has 0 amide bonds. The van der Waals surface area contributed by atoms with E-state index in [1.807, 2.05) is 35.2 Å². The molecule has 0 radical (unpaired) electrons. The summed E-state index contributed by atoms with van der Waals surface area (Å²) in [5.41, 5.74) is 0.485. The highest BCUT2D eigenvalue weighted by Gasteiger charge is 2.30. The van der Waals surface area contributed by atoms with Crippen molar-refractivity contribution in [2.45, 2.75) is 14.9 Å². The van der Waals surface area contributed by atoms with Crippen LogP contribution in [0.1, 0.15) is 5.56 Å². The highest BCUT2D eigenvalue weighted by Crippen LogP contribution is 2.38. The van der Waals surface area contributed by atoms with Crippen LogP contribution in [-0.2, 0) is 6.18 Å². The van der Waals surface area contributed by atoms with Gasteiger partial charge >= 0.3 is 11.2 Å². The highest BCUT2D eigenvalue weighted by molar-refractivity contribution is 8.02. The van der Waals surface area contributed by atoms with Crippen LogP contribution in [-0.4, -0.2) is 33.2 Å². The lowest BCUT2D eigenvalue weighted by Gasteiger charge is -2.22. The maximum Gasteiger partial charge on any atom is 0.416 e. The number of para-hydroxylation sites is 1. The van der Waals surface area contributed by atoms with Crippen LogP contribution in [0.15, 0.2) is 69.5 Å². The number of hydrogen-bond acceptors (Lipinski definition) is 10. The van der Waals surface area contributed by atoms with Gasteiger partial charge in [0.1, 0.15) is 6.20 Å². The molecular formula is C20H15F3N6O2S3. The first-order valence-electron chi connectivity index (χ1n) is 9.65. The Morgan fingerprint density at radius 2 is 1.85 bits per heavy atom. The summed E-state index contributed by atoms with van der Waals surface area (Å²) < 4.78 is 40.0. The molecule has 0 aliphatic rings. The number of rotatable bonds is 9. The Morgan fingerprint density at radius 3 is 2.56 bits per heavy atom. The molecule has 0 fully saturated rings. The molecule has 8 nitrogen and oxygen atoms in total. The van der Waals surface area contributed by atoms with Crippen LogP contribution < -0.4 is 10.2 Å². The minimum atomic E-state index is -4.41. The first kappa shape index (κ1) is 23.9. The number of thiazole rings is 1. The Kier molecular flexibility index (Phi) is 7.29. The Balaban J connectivity index is 1.47. The number of halogens is 3. The molecule has 0 aliphatic heterocycles. The SMILES string of the molecule is O=[N+]([O-])c1cnc(Sc2nnc(N(CCNc3cccc(C(F)(F)F)c3)c3ccccc3)s2)s1. The van der Waals surface area contributed by atoms with Gasteiger partial charge in [0, 0.05) is 24.5 Å². The normalized spacial score (nSPS) is 11.4. The van der Waals surface area contributed by atoms with E-state index in [0.29, 0.717) is 32.6 Å². The van der Waals surface area contributed by atoms with Gasteiger partial charge in [0.15, 0.2) is 8.68 Å². The molecule has 14 heteroatoms. The average Bonchev–Trinajstić information content (AvgIpc) is 3.47. The lowest BCUT2D eigenvalue weighted by Crippen LogP contribution is -2.24. The smallest absolute Gasteiger partial charge is 0.383 e. The Bertz CT molecular complexity index is 1270. The number of alkyl halides is 3. The zero-order valence-electron chi connectivity index (χ0n) is 17.1. The molecule has 4 rings (SSSR count). The third-order valence-corrected chi connectivity index (χ3v) is 7.40. The second-order valence-corrected chi connectivity index (χ2v) is 10.1. The summed E-state index contributed by atoms with van der Waals surface area (Å²) in [5.74, 6) is 0. The highest BCUT2D eigenvalue weighted by atomic mass is 32.2. The molecule has 0 atom stereocenters. The minimum absolute atomic E-state index is 0.0567. The van der Waals surface area contributed by atoms with Gasteiger partial charge in [-0.15, -0.1) is 10.2 Å². The topological polar surface area (TPSA) is 97.1 Å². The van der Waals surface area contributed by atoms with Crippen molar-refractivity contribution in [3.63, 3.8) is 0 Å². The number of benzene rings is 2. The Morgan fingerprint density at radius 1 is 1.06 bits per heavy atom. The fourth-order valence-electron chi connectivity index (χ4n) is 2.87. The first-order chi connectivity index (χ1) is 16.3. The van der Waals surface area contributed by atoms with Gasteiger partial charge in [-0.1, -0.05) is 35.6 Å². The quantitative estimate of drug-likeness (QED) is 0.201. The van der Waals surface area contributed by atoms with E-state index < -0.39 is 16.7 Å². The van der Waals surface area contributed by atoms with E-state index in [2.05, 4.69) is 20.5 Å². The van der Waals surface area contributed by atoms with E-state index in [0.717, 1.165) is 29.2 Å². The van der Waals surface area contributed by atoms with Crippen LogP contribution in [0, 0.1) is 10.1 Å². The van der Waals surface area contributed by atoms with E-state index in [-0.39, 0.29) is 5.00 Å². The van der Waals surface area contributed by atoms with Crippen molar-refractivity contribution in [2.75, 3.05) is 23.3 Å².